The lowest BCUT2D eigenvalue weighted by Crippen LogP contribution is -2.26. The number of ether oxygens (including phenoxy) is 1. The molecule has 0 amide bonds. The average Bonchev–Trinajstić information content (AvgIpc) is 3.05. The highest BCUT2D eigenvalue weighted by atomic mass is 79.9. The van der Waals surface area contributed by atoms with E-state index in [4.69, 9.17) is 4.74 Å². The number of rotatable bonds is 8. The van der Waals surface area contributed by atoms with E-state index in [-0.39, 0.29) is 6.04 Å². The van der Waals surface area contributed by atoms with Gasteiger partial charge in [0.2, 0.25) is 0 Å². The summed E-state index contributed by atoms with van der Waals surface area (Å²) in [5.41, 5.74) is 1.15. The standard InChI is InChI=1S/C14H19Br2N3OS/c1-3-6-17-13(11-4-5-12(16)21-11)14-10(15)9-18-19(14)7-8-20-2/h4-5,9,13,17H,3,6-8H2,1-2H3. The third-order valence-corrected chi connectivity index (χ3v) is 5.39. The van der Waals surface area contributed by atoms with Crippen LogP contribution in [0.3, 0.4) is 0 Å². The molecule has 1 unspecified atom stereocenters. The second-order valence-electron chi connectivity index (χ2n) is 4.62. The molecule has 0 aromatic carbocycles. The zero-order valence-corrected chi connectivity index (χ0v) is 16.1. The SMILES string of the molecule is CCCNC(c1ccc(Br)s1)c1c(Br)cnn1CCOC. The van der Waals surface area contributed by atoms with Crippen LogP contribution in [-0.4, -0.2) is 30.0 Å². The van der Waals surface area contributed by atoms with Gasteiger partial charge in [0, 0.05) is 12.0 Å². The Morgan fingerprint density at radius 2 is 2.24 bits per heavy atom. The molecule has 1 atom stereocenters. The second kappa shape index (κ2) is 8.43. The predicted molar refractivity (Wildman–Crippen MR) is 94.0 cm³/mol. The lowest BCUT2D eigenvalue weighted by atomic mass is 10.1. The van der Waals surface area contributed by atoms with E-state index >= 15 is 0 Å². The van der Waals surface area contributed by atoms with E-state index < -0.39 is 0 Å². The van der Waals surface area contributed by atoms with Gasteiger partial charge >= 0.3 is 0 Å². The fourth-order valence-electron chi connectivity index (χ4n) is 2.12. The maximum Gasteiger partial charge on any atom is 0.0853 e. The number of aromatic nitrogens is 2. The van der Waals surface area contributed by atoms with Crippen molar-refractivity contribution in [3.8, 4) is 0 Å². The summed E-state index contributed by atoms with van der Waals surface area (Å²) in [5, 5.41) is 8.07. The lowest BCUT2D eigenvalue weighted by molar-refractivity contribution is 0.182. The summed E-state index contributed by atoms with van der Waals surface area (Å²) >= 11 is 8.93. The van der Waals surface area contributed by atoms with Gasteiger partial charge in [0.15, 0.2) is 0 Å². The number of thiophene rings is 1. The summed E-state index contributed by atoms with van der Waals surface area (Å²) in [4.78, 5) is 1.27. The summed E-state index contributed by atoms with van der Waals surface area (Å²) < 4.78 is 9.35. The molecule has 0 bridgehead atoms. The molecule has 0 aliphatic heterocycles. The Kier molecular flexibility index (Phi) is 6.88. The third kappa shape index (κ3) is 4.39. The van der Waals surface area contributed by atoms with Gasteiger partial charge in [0.25, 0.3) is 0 Å². The molecule has 7 heteroatoms. The summed E-state index contributed by atoms with van der Waals surface area (Å²) in [6, 6.07) is 4.38. The van der Waals surface area contributed by atoms with Crippen LogP contribution in [0.1, 0.15) is 30.0 Å². The monoisotopic (exact) mass is 435 g/mol. The zero-order valence-electron chi connectivity index (χ0n) is 12.1. The summed E-state index contributed by atoms with van der Waals surface area (Å²) in [6.45, 7) is 4.53. The lowest BCUT2D eigenvalue weighted by Gasteiger charge is -2.19. The molecule has 2 heterocycles. The number of halogens is 2. The molecule has 2 aromatic heterocycles. The maximum atomic E-state index is 5.18. The molecule has 0 aliphatic carbocycles. The Balaban J connectivity index is 2.33. The third-order valence-electron chi connectivity index (χ3n) is 3.09. The van der Waals surface area contributed by atoms with Crippen LogP contribution in [0.5, 0.6) is 0 Å². The van der Waals surface area contributed by atoms with E-state index in [0.29, 0.717) is 6.61 Å². The first-order valence-corrected chi connectivity index (χ1v) is 9.26. The summed E-state index contributed by atoms with van der Waals surface area (Å²) in [6.07, 6.45) is 2.95. The van der Waals surface area contributed by atoms with E-state index in [1.165, 1.54) is 4.88 Å². The first kappa shape index (κ1) is 17.1. The van der Waals surface area contributed by atoms with E-state index in [2.05, 4.69) is 61.3 Å². The van der Waals surface area contributed by atoms with Crippen molar-refractivity contribution in [1.82, 2.24) is 15.1 Å². The van der Waals surface area contributed by atoms with Crippen molar-refractivity contribution >= 4 is 43.2 Å². The maximum absolute atomic E-state index is 5.18. The molecule has 0 spiro atoms. The highest BCUT2D eigenvalue weighted by Gasteiger charge is 2.22. The van der Waals surface area contributed by atoms with Crippen LogP contribution >= 0.6 is 43.2 Å². The first-order valence-electron chi connectivity index (χ1n) is 6.86. The van der Waals surface area contributed by atoms with Crippen LogP contribution in [0.2, 0.25) is 0 Å². The normalized spacial score (nSPS) is 12.8. The van der Waals surface area contributed by atoms with Gasteiger partial charge in [-0.05, 0) is 57.0 Å². The van der Waals surface area contributed by atoms with Crippen LogP contribution < -0.4 is 5.32 Å². The molecular weight excluding hydrogens is 418 g/mol. The molecule has 4 nitrogen and oxygen atoms in total. The Hall–Kier alpha value is -0.210. The van der Waals surface area contributed by atoms with Gasteiger partial charge in [-0.3, -0.25) is 4.68 Å². The Morgan fingerprint density at radius 3 is 2.86 bits per heavy atom. The topological polar surface area (TPSA) is 39.1 Å². The Morgan fingerprint density at radius 1 is 1.43 bits per heavy atom. The van der Waals surface area contributed by atoms with Gasteiger partial charge in [-0.2, -0.15) is 5.10 Å². The molecule has 2 rings (SSSR count). The minimum atomic E-state index is 0.134. The van der Waals surface area contributed by atoms with E-state index in [9.17, 15) is 0 Å². The molecule has 1 N–H and O–H groups in total. The van der Waals surface area contributed by atoms with Gasteiger partial charge in [0.1, 0.15) is 0 Å². The largest absolute Gasteiger partial charge is 0.383 e. The van der Waals surface area contributed by atoms with Gasteiger partial charge < -0.3 is 10.1 Å². The summed E-state index contributed by atoms with van der Waals surface area (Å²) in [7, 11) is 1.71. The molecule has 0 aliphatic rings. The van der Waals surface area contributed by atoms with Crippen molar-refractivity contribution in [2.45, 2.75) is 25.9 Å². The van der Waals surface area contributed by atoms with Crippen LogP contribution in [-0.2, 0) is 11.3 Å². The van der Waals surface area contributed by atoms with Gasteiger partial charge in [-0.1, -0.05) is 6.92 Å². The van der Waals surface area contributed by atoms with E-state index in [0.717, 1.165) is 33.5 Å². The fraction of sp³-hybridized carbons (Fsp3) is 0.500. The molecule has 0 fully saturated rings. The Bertz CT molecular complexity index is 570. The van der Waals surface area contributed by atoms with Crippen molar-refractivity contribution in [2.75, 3.05) is 20.3 Å². The first-order chi connectivity index (χ1) is 10.2. The number of nitrogens with zero attached hydrogens (tertiary/aromatic N) is 2. The molecule has 0 radical (unpaired) electrons. The minimum absolute atomic E-state index is 0.134. The summed E-state index contributed by atoms with van der Waals surface area (Å²) in [5.74, 6) is 0. The van der Waals surface area contributed by atoms with E-state index in [1.807, 2.05) is 10.9 Å². The van der Waals surface area contributed by atoms with Crippen LogP contribution in [0.4, 0.5) is 0 Å². The van der Waals surface area contributed by atoms with Crippen LogP contribution in [0, 0.1) is 0 Å². The van der Waals surface area contributed by atoms with Gasteiger partial charge in [-0.15, -0.1) is 11.3 Å². The van der Waals surface area contributed by atoms with Crippen LogP contribution in [0.15, 0.2) is 26.6 Å². The number of hydrogen-bond acceptors (Lipinski definition) is 4. The van der Waals surface area contributed by atoms with Gasteiger partial charge in [0.05, 0.1) is 39.3 Å². The van der Waals surface area contributed by atoms with Crippen molar-refractivity contribution in [3.63, 3.8) is 0 Å². The highest BCUT2D eigenvalue weighted by Crippen LogP contribution is 2.34. The molecule has 116 valence electrons. The predicted octanol–water partition coefficient (Wildman–Crippen LogP) is 4.21. The number of methoxy groups -OCH3 is 1. The minimum Gasteiger partial charge on any atom is -0.383 e. The number of hydrogen-bond donors (Lipinski definition) is 1. The molecule has 21 heavy (non-hydrogen) atoms. The molecule has 0 saturated carbocycles. The molecule has 2 aromatic rings. The van der Waals surface area contributed by atoms with Crippen molar-refractivity contribution < 1.29 is 4.74 Å². The molecule has 0 saturated heterocycles. The fourth-order valence-corrected chi connectivity index (χ4v) is 4.15. The van der Waals surface area contributed by atoms with Crippen molar-refractivity contribution in [3.05, 3.63) is 37.2 Å². The van der Waals surface area contributed by atoms with Gasteiger partial charge in [-0.25, -0.2) is 0 Å². The Labute approximate surface area is 146 Å². The zero-order chi connectivity index (χ0) is 15.2. The number of nitrogens with one attached hydrogen (secondary N) is 1. The highest BCUT2D eigenvalue weighted by molar-refractivity contribution is 9.11. The van der Waals surface area contributed by atoms with Crippen molar-refractivity contribution in [1.29, 1.82) is 0 Å². The quantitative estimate of drug-likeness (QED) is 0.673. The van der Waals surface area contributed by atoms with Crippen molar-refractivity contribution in [2.24, 2.45) is 0 Å². The van der Waals surface area contributed by atoms with Crippen LogP contribution in [0.25, 0.3) is 0 Å². The second-order valence-corrected chi connectivity index (χ2v) is 7.97. The smallest absolute Gasteiger partial charge is 0.0853 e. The average molecular weight is 437 g/mol. The molecular formula is C14H19Br2N3OS. The van der Waals surface area contributed by atoms with E-state index in [1.54, 1.807) is 18.4 Å².